The Balaban J connectivity index is 1.70. The molecule has 0 radical (unpaired) electrons. The number of ketones is 1. The minimum Gasteiger partial charge on any atom is -0.467 e. The molecular formula is C15H16N2O4S. The van der Waals surface area contributed by atoms with Crippen molar-refractivity contribution in [1.82, 2.24) is 10.6 Å². The fourth-order valence-electron chi connectivity index (χ4n) is 1.74. The predicted molar refractivity (Wildman–Crippen MR) is 81.6 cm³/mol. The molecule has 0 aliphatic heterocycles. The monoisotopic (exact) mass is 320 g/mol. The quantitative estimate of drug-likeness (QED) is 0.624. The second kappa shape index (κ2) is 7.56. The zero-order chi connectivity index (χ0) is 15.9. The number of furan rings is 1. The van der Waals surface area contributed by atoms with Gasteiger partial charge in [0.1, 0.15) is 5.76 Å². The van der Waals surface area contributed by atoms with E-state index in [1.807, 2.05) is 6.07 Å². The van der Waals surface area contributed by atoms with Gasteiger partial charge in [-0.2, -0.15) is 0 Å². The molecule has 0 spiro atoms. The summed E-state index contributed by atoms with van der Waals surface area (Å²) >= 11 is 1.40. The average molecular weight is 320 g/mol. The summed E-state index contributed by atoms with van der Waals surface area (Å²) < 4.78 is 5.05. The zero-order valence-electron chi connectivity index (χ0n) is 12.0. The van der Waals surface area contributed by atoms with Gasteiger partial charge in [-0.1, -0.05) is 0 Å². The molecule has 6 nitrogen and oxygen atoms in total. The number of hydrogen-bond donors (Lipinski definition) is 2. The Bertz CT molecular complexity index is 661. The molecule has 0 aliphatic carbocycles. The van der Waals surface area contributed by atoms with Crippen LogP contribution in [-0.2, 0) is 22.6 Å². The maximum atomic E-state index is 11.6. The van der Waals surface area contributed by atoms with E-state index in [1.54, 1.807) is 18.2 Å². The SMILES string of the molecule is CC(=O)c1ccc(CCNC(=O)C(=O)NCc2ccco2)s1. The first-order valence-corrected chi connectivity index (χ1v) is 7.56. The van der Waals surface area contributed by atoms with Crippen molar-refractivity contribution in [3.63, 3.8) is 0 Å². The van der Waals surface area contributed by atoms with Gasteiger partial charge in [-0.15, -0.1) is 11.3 Å². The summed E-state index contributed by atoms with van der Waals surface area (Å²) in [5.41, 5.74) is 0. The van der Waals surface area contributed by atoms with Crippen molar-refractivity contribution >= 4 is 28.9 Å². The van der Waals surface area contributed by atoms with E-state index in [9.17, 15) is 14.4 Å². The molecule has 2 aromatic rings. The van der Waals surface area contributed by atoms with E-state index in [0.717, 1.165) is 4.88 Å². The van der Waals surface area contributed by atoms with Crippen LogP contribution in [-0.4, -0.2) is 24.1 Å². The molecule has 2 N–H and O–H groups in total. The third-order valence-corrected chi connectivity index (χ3v) is 4.12. The van der Waals surface area contributed by atoms with Gasteiger partial charge in [-0.3, -0.25) is 14.4 Å². The maximum absolute atomic E-state index is 11.6. The normalized spacial score (nSPS) is 10.2. The van der Waals surface area contributed by atoms with Crippen LogP contribution in [0.3, 0.4) is 0 Å². The zero-order valence-corrected chi connectivity index (χ0v) is 12.9. The number of rotatable bonds is 6. The first-order chi connectivity index (χ1) is 10.6. The molecule has 0 aliphatic rings. The smallest absolute Gasteiger partial charge is 0.309 e. The van der Waals surface area contributed by atoms with Gasteiger partial charge in [0, 0.05) is 11.4 Å². The topological polar surface area (TPSA) is 88.4 Å². The number of amides is 2. The summed E-state index contributed by atoms with van der Waals surface area (Å²) in [7, 11) is 0. The van der Waals surface area contributed by atoms with Crippen molar-refractivity contribution in [2.75, 3.05) is 6.54 Å². The van der Waals surface area contributed by atoms with Gasteiger partial charge in [0.05, 0.1) is 17.7 Å². The highest BCUT2D eigenvalue weighted by molar-refractivity contribution is 7.14. The number of hydrogen-bond acceptors (Lipinski definition) is 5. The van der Waals surface area contributed by atoms with Crippen molar-refractivity contribution in [2.45, 2.75) is 19.9 Å². The Morgan fingerprint density at radius 3 is 2.55 bits per heavy atom. The lowest BCUT2D eigenvalue weighted by molar-refractivity contribution is -0.139. The summed E-state index contributed by atoms with van der Waals surface area (Å²) in [6, 6.07) is 7.03. The lowest BCUT2D eigenvalue weighted by atomic mass is 10.3. The van der Waals surface area contributed by atoms with E-state index in [2.05, 4.69) is 10.6 Å². The van der Waals surface area contributed by atoms with Crippen LogP contribution in [0.5, 0.6) is 0 Å². The van der Waals surface area contributed by atoms with Crippen LogP contribution in [0.1, 0.15) is 27.2 Å². The lowest BCUT2D eigenvalue weighted by Crippen LogP contribution is -2.40. The summed E-state index contributed by atoms with van der Waals surface area (Å²) in [5, 5.41) is 5.01. The summed E-state index contributed by atoms with van der Waals surface area (Å²) in [4.78, 5) is 36.0. The van der Waals surface area contributed by atoms with E-state index < -0.39 is 11.8 Å². The Kier molecular flexibility index (Phi) is 5.48. The molecule has 2 amide bonds. The molecule has 0 aromatic carbocycles. The fourth-order valence-corrected chi connectivity index (χ4v) is 2.64. The fraction of sp³-hybridized carbons (Fsp3) is 0.267. The molecule has 0 atom stereocenters. The summed E-state index contributed by atoms with van der Waals surface area (Å²) in [5.74, 6) is -0.781. The standard InChI is InChI=1S/C15H16N2O4S/c1-10(18)13-5-4-12(22-13)6-7-16-14(19)15(20)17-9-11-3-2-8-21-11/h2-5,8H,6-7,9H2,1H3,(H,16,19)(H,17,20). The Morgan fingerprint density at radius 2 is 1.91 bits per heavy atom. The molecule has 0 saturated carbocycles. The van der Waals surface area contributed by atoms with Gasteiger partial charge in [0.15, 0.2) is 5.78 Å². The average Bonchev–Trinajstić information content (AvgIpc) is 3.16. The van der Waals surface area contributed by atoms with Crippen molar-refractivity contribution in [2.24, 2.45) is 0 Å². The van der Waals surface area contributed by atoms with Gasteiger partial charge in [0.2, 0.25) is 0 Å². The van der Waals surface area contributed by atoms with Crippen LogP contribution in [0.4, 0.5) is 0 Å². The maximum Gasteiger partial charge on any atom is 0.309 e. The Labute approximate surface area is 131 Å². The Hall–Kier alpha value is -2.41. The van der Waals surface area contributed by atoms with Gasteiger partial charge < -0.3 is 15.1 Å². The van der Waals surface area contributed by atoms with E-state index in [4.69, 9.17) is 4.42 Å². The van der Waals surface area contributed by atoms with Crippen molar-refractivity contribution in [3.05, 3.63) is 46.0 Å². The molecule has 0 bridgehead atoms. The van der Waals surface area contributed by atoms with Crippen LogP contribution in [0.2, 0.25) is 0 Å². The van der Waals surface area contributed by atoms with Crippen LogP contribution in [0.15, 0.2) is 34.9 Å². The highest BCUT2D eigenvalue weighted by atomic mass is 32.1. The van der Waals surface area contributed by atoms with Gasteiger partial charge in [-0.05, 0) is 37.6 Å². The van der Waals surface area contributed by atoms with Crippen molar-refractivity contribution < 1.29 is 18.8 Å². The molecule has 2 aromatic heterocycles. The van der Waals surface area contributed by atoms with E-state index in [1.165, 1.54) is 24.5 Å². The number of carbonyl (C=O) groups is 3. The lowest BCUT2D eigenvalue weighted by Gasteiger charge is -2.04. The molecule has 0 saturated heterocycles. The summed E-state index contributed by atoms with van der Waals surface area (Å²) in [6.45, 7) is 2.03. The van der Waals surface area contributed by atoms with E-state index >= 15 is 0 Å². The molecule has 0 fully saturated rings. The molecular weight excluding hydrogens is 304 g/mol. The van der Waals surface area contributed by atoms with Crippen molar-refractivity contribution in [3.8, 4) is 0 Å². The van der Waals surface area contributed by atoms with Crippen LogP contribution >= 0.6 is 11.3 Å². The molecule has 2 heterocycles. The first kappa shape index (κ1) is 16.0. The second-order valence-electron chi connectivity index (χ2n) is 4.59. The van der Waals surface area contributed by atoms with Gasteiger partial charge >= 0.3 is 11.8 Å². The van der Waals surface area contributed by atoms with E-state index in [0.29, 0.717) is 23.6 Å². The highest BCUT2D eigenvalue weighted by Gasteiger charge is 2.13. The number of nitrogens with one attached hydrogen (secondary N) is 2. The second-order valence-corrected chi connectivity index (χ2v) is 5.76. The first-order valence-electron chi connectivity index (χ1n) is 6.74. The minimum atomic E-state index is -0.702. The number of carbonyl (C=O) groups excluding carboxylic acids is 3. The highest BCUT2D eigenvalue weighted by Crippen LogP contribution is 2.16. The molecule has 22 heavy (non-hydrogen) atoms. The third kappa shape index (κ3) is 4.56. The van der Waals surface area contributed by atoms with E-state index in [-0.39, 0.29) is 12.3 Å². The van der Waals surface area contributed by atoms with Crippen LogP contribution in [0, 0.1) is 0 Å². The molecule has 2 rings (SSSR count). The largest absolute Gasteiger partial charge is 0.467 e. The van der Waals surface area contributed by atoms with Crippen LogP contribution in [0.25, 0.3) is 0 Å². The predicted octanol–water partition coefficient (Wildman–Crippen LogP) is 1.52. The van der Waals surface area contributed by atoms with Crippen LogP contribution < -0.4 is 10.6 Å². The Morgan fingerprint density at radius 1 is 1.14 bits per heavy atom. The summed E-state index contributed by atoms with van der Waals surface area (Å²) in [6.07, 6.45) is 2.08. The molecule has 0 unspecified atom stereocenters. The van der Waals surface area contributed by atoms with Crippen molar-refractivity contribution in [1.29, 1.82) is 0 Å². The molecule has 116 valence electrons. The number of Topliss-reactive ketones (excluding diaryl/α,β-unsaturated/α-hetero) is 1. The van der Waals surface area contributed by atoms with Gasteiger partial charge in [0.25, 0.3) is 0 Å². The minimum absolute atomic E-state index is 0.0255. The number of thiophene rings is 1. The third-order valence-electron chi connectivity index (χ3n) is 2.88. The molecule has 7 heteroatoms. The van der Waals surface area contributed by atoms with Gasteiger partial charge in [-0.25, -0.2) is 0 Å².